The maximum atomic E-state index is 9.54. The van der Waals surface area contributed by atoms with Crippen molar-refractivity contribution in [1.29, 1.82) is 0 Å². The first kappa shape index (κ1) is 15.4. The fraction of sp³-hybridized carbons (Fsp3) is 0.381. The fourth-order valence-electron chi connectivity index (χ4n) is 4.00. The van der Waals surface area contributed by atoms with Gasteiger partial charge in [0.1, 0.15) is 0 Å². The molecule has 0 saturated heterocycles. The molecule has 1 heterocycles. The third kappa shape index (κ3) is 2.84. The second-order valence-electron chi connectivity index (χ2n) is 6.87. The number of nitrogens with one attached hydrogen (secondary N) is 1. The van der Waals surface area contributed by atoms with Gasteiger partial charge < -0.3 is 5.11 Å². The lowest BCUT2D eigenvalue weighted by molar-refractivity contribution is 0.245. The highest BCUT2D eigenvalue weighted by atomic mass is 16.3. The zero-order valence-electron chi connectivity index (χ0n) is 13.9. The van der Waals surface area contributed by atoms with Gasteiger partial charge in [-0.05, 0) is 29.9 Å². The normalized spacial score (nSPS) is 20.9. The van der Waals surface area contributed by atoms with Crippen LogP contribution in [0.1, 0.15) is 66.3 Å². The van der Waals surface area contributed by atoms with Gasteiger partial charge in [0, 0.05) is 11.1 Å². The van der Waals surface area contributed by atoms with Crippen LogP contribution in [-0.2, 0) is 0 Å². The van der Waals surface area contributed by atoms with E-state index in [1.807, 2.05) is 12.1 Å². The average Bonchev–Trinajstić information content (AvgIpc) is 2.68. The predicted octanol–water partition coefficient (Wildman–Crippen LogP) is 4.12. The Hall–Kier alpha value is -2.13. The zero-order chi connectivity index (χ0) is 16.4. The van der Waals surface area contributed by atoms with E-state index < -0.39 is 0 Å². The second kappa shape index (κ2) is 6.78. The molecule has 1 aliphatic carbocycles. The quantitative estimate of drug-likeness (QED) is 0.893. The van der Waals surface area contributed by atoms with Gasteiger partial charge in [-0.1, -0.05) is 67.8 Å². The van der Waals surface area contributed by atoms with Crippen molar-refractivity contribution in [3.05, 3.63) is 70.8 Å². The zero-order valence-corrected chi connectivity index (χ0v) is 13.9. The van der Waals surface area contributed by atoms with Gasteiger partial charge in [-0.2, -0.15) is 5.10 Å². The first-order chi connectivity index (χ1) is 11.9. The molecule has 1 fully saturated rings. The van der Waals surface area contributed by atoms with Crippen LogP contribution in [0.3, 0.4) is 0 Å². The third-order valence-electron chi connectivity index (χ3n) is 5.37. The number of aliphatic hydroxyl groups is 1. The van der Waals surface area contributed by atoms with Crippen molar-refractivity contribution >= 4 is 5.71 Å². The molecule has 2 N–H and O–H groups in total. The van der Waals surface area contributed by atoms with Crippen LogP contribution in [0.5, 0.6) is 0 Å². The maximum absolute atomic E-state index is 9.54. The third-order valence-corrected chi connectivity index (χ3v) is 5.37. The molecule has 1 unspecified atom stereocenters. The first-order valence-corrected chi connectivity index (χ1v) is 9.00. The van der Waals surface area contributed by atoms with Gasteiger partial charge in [0.25, 0.3) is 0 Å². The summed E-state index contributed by atoms with van der Waals surface area (Å²) in [5.74, 6) is 0.727. The van der Waals surface area contributed by atoms with Gasteiger partial charge in [-0.25, -0.2) is 0 Å². The van der Waals surface area contributed by atoms with E-state index >= 15 is 0 Å². The van der Waals surface area contributed by atoms with E-state index in [0.29, 0.717) is 0 Å². The number of nitrogens with zero attached hydrogens (tertiary/aromatic N) is 1. The van der Waals surface area contributed by atoms with Gasteiger partial charge in [0.05, 0.1) is 18.4 Å². The van der Waals surface area contributed by atoms with E-state index in [1.165, 1.54) is 37.7 Å². The highest BCUT2D eigenvalue weighted by molar-refractivity contribution is 6.14. The highest BCUT2D eigenvalue weighted by Crippen LogP contribution is 2.33. The molecule has 4 rings (SSSR count). The lowest BCUT2D eigenvalue weighted by atomic mass is 9.83. The molecule has 0 aromatic heterocycles. The van der Waals surface area contributed by atoms with Crippen LogP contribution in [0.25, 0.3) is 0 Å². The van der Waals surface area contributed by atoms with E-state index in [4.69, 9.17) is 0 Å². The van der Waals surface area contributed by atoms with Gasteiger partial charge in [-0.15, -0.1) is 0 Å². The summed E-state index contributed by atoms with van der Waals surface area (Å²) in [4.78, 5) is 0. The van der Waals surface area contributed by atoms with Crippen molar-refractivity contribution in [3.63, 3.8) is 0 Å². The standard InChI is InChI=1S/C21H24N2O/c24-14-20-18-8-4-5-9-19(18)21(23-22-20)17-12-10-16(11-13-17)15-6-2-1-3-7-15/h4-5,8-13,15,20,22,24H,1-3,6-7,14H2. The topological polar surface area (TPSA) is 44.6 Å². The Kier molecular flexibility index (Phi) is 4.35. The highest BCUT2D eigenvalue weighted by Gasteiger charge is 2.23. The molecule has 0 spiro atoms. The van der Waals surface area contributed by atoms with Crippen LogP contribution in [0.4, 0.5) is 0 Å². The van der Waals surface area contributed by atoms with Crippen LogP contribution in [-0.4, -0.2) is 17.4 Å². The minimum atomic E-state index is -0.119. The number of hydrogen-bond donors (Lipinski definition) is 2. The summed E-state index contributed by atoms with van der Waals surface area (Å²) < 4.78 is 0. The molecule has 1 atom stereocenters. The molecule has 24 heavy (non-hydrogen) atoms. The van der Waals surface area contributed by atoms with Gasteiger partial charge in [-0.3, -0.25) is 5.43 Å². The summed E-state index contributed by atoms with van der Waals surface area (Å²) in [6, 6.07) is 17.0. The van der Waals surface area contributed by atoms with Crippen molar-refractivity contribution in [1.82, 2.24) is 5.43 Å². The molecule has 1 aliphatic heterocycles. The van der Waals surface area contributed by atoms with E-state index in [0.717, 1.165) is 28.3 Å². The number of aliphatic hydroxyl groups excluding tert-OH is 1. The SMILES string of the molecule is OCC1NN=C(c2ccc(C3CCCCC3)cc2)c2ccccc21. The van der Waals surface area contributed by atoms with Crippen LogP contribution in [0, 0.1) is 0 Å². The van der Waals surface area contributed by atoms with Crippen LogP contribution < -0.4 is 5.43 Å². The van der Waals surface area contributed by atoms with Crippen molar-refractivity contribution in [2.75, 3.05) is 6.61 Å². The van der Waals surface area contributed by atoms with Gasteiger partial charge in [0.15, 0.2) is 0 Å². The Morgan fingerprint density at radius 2 is 1.71 bits per heavy atom. The van der Waals surface area contributed by atoms with Crippen LogP contribution in [0.2, 0.25) is 0 Å². The van der Waals surface area contributed by atoms with Crippen molar-refractivity contribution in [3.8, 4) is 0 Å². The summed E-state index contributed by atoms with van der Waals surface area (Å²) >= 11 is 0. The Morgan fingerprint density at radius 3 is 2.46 bits per heavy atom. The van der Waals surface area contributed by atoms with Gasteiger partial charge in [0.2, 0.25) is 0 Å². The van der Waals surface area contributed by atoms with Crippen molar-refractivity contribution in [2.24, 2.45) is 5.10 Å². The smallest absolute Gasteiger partial charge is 0.0977 e. The molecule has 2 aliphatic rings. The monoisotopic (exact) mass is 320 g/mol. The number of rotatable bonds is 3. The van der Waals surface area contributed by atoms with E-state index in [9.17, 15) is 5.11 Å². The minimum Gasteiger partial charge on any atom is -0.394 e. The molecule has 124 valence electrons. The average molecular weight is 320 g/mol. The summed E-state index contributed by atoms with van der Waals surface area (Å²) in [5.41, 5.74) is 8.87. The molecule has 1 saturated carbocycles. The summed E-state index contributed by atoms with van der Waals surface area (Å²) in [6.07, 6.45) is 6.75. The summed E-state index contributed by atoms with van der Waals surface area (Å²) in [6.45, 7) is 0.0500. The molecular weight excluding hydrogens is 296 g/mol. The van der Waals surface area contributed by atoms with E-state index in [1.54, 1.807) is 0 Å². The molecule has 3 nitrogen and oxygen atoms in total. The van der Waals surface area contributed by atoms with Crippen molar-refractivity contribution < 1.29 is 5.11 Å². The molecule has 2 aromatic carbocycles. The number of hydrogen-bond acceptors (Lipinski definition) is 3. The summed E-state index contributed by atoms with van der Waals surface area (Å²) in [7, 11) is 0. The fourth-order valence-corrected chi connectivity index (χ4v) is 4.00. The number of fused-ring (bicyclic) bond motifs is 1. The Labute approximate surface area is 143 Å². The first-order valence-electron chi connectivity index (χ1n) is 9.00. The van der Waals surface area contributed by atoms with Crippen molar-refractivity contribution in [2.45, 2.75) is 44.1 Å². The molecule has 0 radical (unpaired) electrons. The van der Waals surface area contributed by atoms with Crippen LogP contribution >= 0.6 is 0 Å². The van der Waals surface area contributed by atoms with E-state index in [-0.39, 0.29) is 12.6 Å². The Morgan fingerprint density at radius 1 is 0.958 bits per heavy atom. The molecule has 3 heteroatoms. The lowest BCUT2D eigenvalue weighted by Crippen LogP contribution is -2.28. The molecule has 2 aromatic rings. The summed E-state index contributed by atoms with van der Waals surface area (Å²) in [5, 5.41) is 14.1. The molecular formula is C21H24N2O. The largest absolute Gasteiger partial charge is 0.394 e. The number of benzene rings is 2. The lowest BCUT2D eigenvalue weighted by Gasteiger charge is -2.25. The second-order valence-corrected chi connectivity index (χ2v) is 6.87. The molecule has 0 amide bonds. The van der Waals surface area contributed by atoms with Gasteiger partial charge >= 0.3 is 0 Å². The Bertz CT molecular complexity index is 730. The maximum Gasteiger partial charge on any atom is 0.0977 e. The Balaban J connectivity index is 1.63. The van der Waals surface area contributed by atoms with Crippen LogP contribution in [0.15, 0.2) is 53.6 Å². The predicted molar refractivity (Wildman–Crippen MR) is 97.3 cm³/mol. The minimum absolute atomic E-state index is 0.0500. The van der Waals surface area contributed by atoms with E-state index in [2.05, 4.69) is 46.9 Å². The number of hydrazone groups is 1. The molecule has 0 bridgehead atoms.